The summed E-state index contributed by atoms with van der Waals surface area (Å²) in [7, 11) is 0. The van der Waals surface area contributed by atoms with E-state index in [2.05, 4.69) is 25.8 Å². The summed E-state index contributed by atoms with van der Waals surface area (Å²) in [4.78, 5) is 18.8. The topological polar surface area (TPSA) is 64.2 Å². The smallest absolute Gasteiger partial charge is 0.254 e. The molecule has 0 fully saturated rings. The molecule has 25 heavy (non-hydrogen) atoms. The molecule has 1 aliphatic rings. The normalized spacial score (nSPS) is 16.6. The lowest BCUT2D eigenvalue weighted by Gasteiger charge is -2.33. The number of benzene rings is 1. The molecule has 3 rings (SSSR count). The van der Waals surface area contributed by atoms with Gasteiger partial charge in [0.2, 0.25) is 0 Å². The van der Waals surface area contributed by atoms with Gasteiger partial charge in [-0.2, -0.15) is 0 Å². The number of fused-ring (bicyclic) bond motifs is 1. The van der Waals surface area contributed by atoms with Gasteiger partial charge in [0, 0.05) is 43.1 Å². The maximum Gasteiger partial charge on any atom is 0.254 e. The molecule has 0 saturated carbocycles. The number of amides is 1. The van der Waals surface area contributed by atoms with Crippen LogP contribution >= 0.6 is 0 Å². The van der Waals surface area contributed by atoms with E-state index < -0.39 is 0 Å². The molecule has 5 nitrogen and oxygen atoms in total. The van der Waals surface area contributed by atoms with Crippen molar-refractivity contribution in [2.24, 2.45) is 5.73 Å². The molecular weight excluding hydrogens is 312 g/mol. The third-order valence-electron chi connectivity index (χ3n) is 5.47. The Hall–Kier alpha value is -2.14. The minimum atomic E-state index is -0.298. The lowest BCUT2D eigenvalue weighted by atomic mass is 9.90. The number of hydrogen-bond acceptors (Lipinski definition) is 3. The zero-order valence-corrected chi connectivity index (χ0v) is 15.5. The summed E-state index contributed by atoms with van der Waals surface area (Å²) in [5, 5.41) is 0. The van der Waals surface area contributed by atoms with Crippen molar-refractivity contribution in [3.05, 3.63) is 53.1 Å². The fourth-order valence-electron chi connectivity index (χ4n) is 3.45. The zero-order chi connectivity index (χ0) is 18.0. The van der Waals surface area contributed by atoms with Gasteiger partial charge in [-0.05, 0) is 62.8 Å². The molecule has 2 heterocycles. The molecule has 0 aliphatic carbocycles. The summed E-state index contributed by atoms with van der Waals surface area (Å²) in [5.41, 5.74) is 10.8. The molecule has 0 saturated heterocycles. The summed E-state index contributed by atoms with van der Waals surface area (Å²) in [5.74, 6) is 0.148. The fraction of sp³-hybridized carbons (Fsp3) is 0.500. The highest BCUT2D eigenvalue weighted by Crippen LogP contribution is 2.25. The van der Waals surface area contributed by atoms with Crippen LogP contribution in [0.1, 0.15) is 46.8 Å². The highest BCUT2D eigenvalue weighted by molar-refractivity contribution is 5.97. The maximum atomic E-state index is 12.8. The van der Waals surface area contributed by atoms with E-state index in [0.717, 1.165) is 37.9 Å². The van der Waals surface area contributed by atoms with Crippen LogP contribution in [0, 0.1) is 13.8 Å². The number of aromatic nitrogens is 2. The monoisotopic (exact) mass is 340 g/mol. The number of hydrogen-bond donors (Lipinski definition) is 1. The Balaban J connectivity index is 1.60. The van der Waals surface area contributed by atoms with Crippen LogP contribution in [0.5, 0.6) is 0 Å². The molecule has 0 spiro atoms. The molecule has 5 heteroatoms. The second kappa shape index (κ2) is 7.00. The van der Waals surface area contributed by atoms with Crippen LogP contribution in [0.15, 0.2) is 30.9 Å². The van der Waals surface area contributed by atoms with Crippen LogP contribution in [-0.4, -0.2) is 39.0 Å². The van der Waals surface area contributed by atoms with Crippen LogP contribution in [-0.2, 0) is 13.0 Å². The Morgan fingerprint density at radius 3 is 2.72 bits per heavy atom. The van der Waals surface area contributed by atoms with Gasteiger partial charge < -0.3 is 15.2 Å². The van der Waals surface area contributed by atoms with E-state index in [9.17, 15) is 4.79 Å². The number of carbonyl (C=O) groups is 1. The summed E-state index contributed by atoms with van der Waals surface area (Å²) < 4.78 is 2.04. The van der Waals surface area contributed by atoms with Crippen molar-refractivity contribution < 1.29 is 4.79 Å². The SMILES string of the molecule is Cc1ccc2c(c1C)CCN(CCC(C)(N)CCn1ccnc1)C2=O. The predicted molar refractivity (Wildman–Crippen MR) is 99.6 cm³/mol. The van der Waals surface area contributed by atoms with Crippen molar-refractivity contribution in [1.82, 2.24) is 14.5 Å². The van der Waals surface area contributed by atoms with E-state index in [1.54, 1.807) is 6.20 Å². The van der Waals surface area contributed by atoms with Crippen LogP contribution in [0.2, 0.25) is 0 Å². The molecule has 2 N–H and O–H groups in total. The van der Waals surface area contributed by atoms with E-state index in [0.29, 0.717) is 6.54 Å². The highest BCUT2D eigenvalue weighted by atomic mass is 16.2. The first kappa shape index (κ1) is 17.7. The predicted octanol–water partition coefficient (Wildman–Crippen LogP) is 2.70. The van der Waals surface area contributed by atoms with Gasteiger partial charge >= 0.3 is 0 Å². The largest absolute Gasteiger partial charge is 0.338 e. The molecule has 1 amide bonds. The molecule has 1 aromatic heterocycles. The van der Waals surface area contributed by atoms with Crippen LogP contribution in [0.25, 0.3) is 0 Å². The second-order valence-electron chi connectivity index (χ2n) is 7.53. The van der Waals surface area contributed by atoms with Crippen molar-refractivity contribution in [1.29, 1.82) is 0 Å². The van der Waals surface area contributed by atoms with E-state index in [4.69, 9.17) is 5.73 Å². The average Bonchev–Trinajstić information content (AvgIpc) is 3.10. The highest BCUT2D eigenvalue weighted by Gasteiger charge is 2.27. The molecule has 1 unspecified atom stereocenters. The van der Waals surface area contributed by atoms with Gasteiger partial charge in [-0.3, -0.25) is 4.79 Å². The molecule has 1 aliphatic heterocycles. The zero-order valence-electron chi connectivity index (χ0n) is 15.5. The van der Waals surface area contributed by atoms with Crippen molar-refractivity contribution in [2.75, 3.05) is 13.1 Å². The second-order valence-corrected chi connectivity index (χ2v) is 7.53. The van der Waals surface area contributed by atoms with Crippen molar-refractivity contribution >= 4 is 5.91 Å². The summed E-state index contributed by atoms with van der Waals surface area (Å²) in [6.07, 6.45) is 8.14. The Morgan fingerprint density at radius 1 is 1.24 bits per heavy atom. The van der Waals surface area contributed by atoms with Crippen LogP contribution in [0.4, 0.5) is 0 Å². The minimum absolute atomic E-state index is 0.148. The Kier molecular flexibility index (Phi) is 4.95. The number of imidazole rings is 1. The minimum Gasteiger partial charge on any atom is -0.338 e. The Bertz CT molecular complexity index is 749. The van der Waals surface area contributed by atoms with E-state index >= 15 is 0 Å². The van der Waals surface area contributed by atoms with Gasteiger partial charge in [-0.25, -0.2) is 4.98 Å². The van der Waals surface area contributed by atoms with Crippen molar-refractivity contribution in [2.45, 2.75) is 52.1 Å². The number of rotatable bonds is 6. The van der Waals surface area contributed by atoms with Crippen LogP contribution in [0.3, 0.4) is 0 Å². The van der Waals surface area contributed by atoms with Gasteiger partial charge in [0.15, 0.2) is 0 Å². The van der Waals surface area contributed by atoms with Gasteiger partial charge in [-0.15, -0.1) is 0 Å². The molecule has 1 atom stereocenters. The average molecular weight is 340 g/mol. The number of carbonyl (C=O) groups excluding carboxylic acids is 1. The van der Waals surface area contributed by atoms with E-state index in [1.165, 1.54) is 16.7 Å². The van der Waals surface area contributed by atoms with Gasteiger partial charge in [0.25, 0.3) is 5.91 Å². The Labute approximate surface area is 149 Å². The number of nitrogens with two attached hydrogens (primary N) is 1. The van der Waals surface area contributed by atoms with Gasteiger partial charge in [0.1, 0.15) is 0 Å². The summed E-state index contributed by atoms with van der Waals surface area (Å²) in [6, 6.07) is 4.03. The molecule has 134 valence electrons. The molecule has 0 bridgehead atoms. The molecule has 2 aromatic rings. The first-order valence-electron chi connectivity index (χ1n) is 9.00. The fourth-order valence-corrected chi connectivity index (χ4v) is 3.45. The van der Waals surface area contributed by atoms with E-state index in [1.807, 2.05) is 34.1 Å². The first-order chi connectivity index (χ1) is 11.9. The lowest BCUT2D eigenvalue weighted by molar-refractivity contribution is 0.0726. The first-order valence-corrected chi connectivity index (χ1v) is 9.00. The maximum absolute atomic E-state index is 12.8. The van der Waals surface area contributed by atoms with Gasteiger partial charge in [0.05, 0.1) is 6.33 Å². The number of aryl methyl sites for hydroxylation is 2. The third kappa shape index (κ3) is 3.93. The van der Waals surface area contributed by atoms with Crippen molar-refractivity contribution in [3.8, 4) is 0 Å². The molecular formula is C20H28N4O. The Morgan fingerprint density at radius 2 is 2.00 bits per heavy atom. The van der Waals surface area contributed by atoms with Gasteiger partial charge in [-0.1, -0.05) is 6.07 Å². The summed E-state index contributed by atoms with van der Waals surface area (Å²) >= 11 is 0. The quantitative estimate of drug-likeness (QED) is 0.879. The lowest BCUT2D eigenvalue weighted by Crippen LogP contribution is -2.44. The molecule has 1 aromatic carbocycles. The van der Waals surface area contributed by atoms with Crippen molar-refractivity contribution in [3.63, 3.8) is 0 Å². The standard InChI is InChI=1S/C20H28N4O/c1-15-4-5-18-17(16(15)2)6-10-24(19(18)25)12-8-20(3,21)7-11-23-13-9-22-14-23/h4-5,9,13-14H,6-8,10-12,21H2,1-3H3. The number of nitrogens with zero attached hydrogens (tertiary/aromatic N) is 3. The van der Waals surface area contributed by atoms with Crippen LogP contribution < -0.4 is 5.73 Å². The third-order valence-corrected chi connectivity index (χ3v) is 5.47. The molecule has 0 radical (unpaired) electrons. The summed E-state index contributed by atoms with van der Waals surface area (Å²) in [6.45, 7) is 8.63. The van der Waals surface area contributed by atoms with E-state index in [-0.39, 0.29) is 11.4 Å².